The molecule has 10 heteroatoms. The summed E-state index contributed by atoms with van der Waals surface area (Å²) in [5.41, 5.74) is 7.08. The van der Waals surface area contributed by atoms with E-state index in [4.69, 9.17) is 14.9 Å². The van der Waals surface area contributed by atoms with E-state index in [1.165, 1.54) is 22.3 Å². The number of halogens is 3. The van der Waals surface area contributed by atoms with Crippen molar-refractivity contribution in [1.82, 2.24) is 20.3 Å². The van der Waals surface area contributed by atoms with Crippen molar-refractivity contribution in [3.05, 3.63) is 95.6 Å². The number of fused-ring (bicyclic) bond motifs is 1. The van der Waals surface area contributed by atoms with Gasteiger partial charge in [0, 0.05) is 18.9 Å². The number of aliphatic carboxylic acids is 1. The number of carboxylic acids is 1. The van der Waals surface area contributed by atoms with E-state index in [1.54, 1.807) is 11.3 Å². The second-order valence-corrected chi connectivity index (χ2v) is 9.00. The largest absolute Gasteiger partial charge is 0.490 e. The Labute approximate surface area is 214 Å². The van der Waals surface area contributed by atoms with Gasteiger partial charge in [-0.3, -0.25) is 4.98 Å². The average molecular weight is 525 g/mol. The van der Waals surface area contributed by atoms with Gasteiger partial charge in [0.2, 0.25) is 0 Å². The highest BCUT2D eigenvalue weighted by Gasteiger charge is 2.38. The van der Waals surface area contributed by atoms with E-state index in [1.807, 2.05) is 36.7 Å². The quantitative estimate of drug-likeness (QED) is 0.217. The zero-order valence-electron chi connectivity index (χ0n) is 19.5. The minimum Gasteiger partial charge on any atom is -0.475 e. The third-order valence-corrected chi connectivity index (χ3v) is 6.30. The molecular weight excluding hydrogens is 501 g/mol. The number of nitrogens with zero attached hydrogens (tertiary/aromatic N) is 2. The molecule has 5 aromatic rings. The molecule has 3 aromatic heterocycles. The Morgan fingerprint density at radius 1 is 1.00 bits per heavy atom. The summed E-state index contributed by atoms with van der Waals surface area (Å²) in [5.74, 6) is -1.83. The number of aromatic amines is 1. The van der Waals surface area contributed by atoms with Crippen molar-refractivity contribution in [1.29, 1.82) is 0 Å². The molecule has 0 saturated carbocycles. The number of hydrogen-bond acceptors (Lipinski definition) is 5. The van der Waals surface area contributed by atoms with E-state index < -0.39 is 12.1 Å². The minimum atomic E-state index is -5.08. The molecule has 3 N–H and O–H groups in total. The first kappa shape index (κ1) is 26.1. The molecule has 0 bridgehead atoms. The second kappa shape index (κ2) is 11.8. The van der Waals surface area contributed by atoms with Crippen molar-refractivity contribution in [2.75, 3.05) is 6.54 Å². The summed E-state index contributed by atoms with van der Waals surface area (Å²) in [6.07, 6.45) is -0.357. The molecule has 0 spiro atoms. The molecule has 37 heavy (non-hydrogen) atoms. The van der Waals surface area contributed by atoms with Gasteiger partial charge in [-0.15, -0.1) is 11.3 Å². The molecule has 0 aliphatic carbocycles. The summed E-state index contributed by atoms with van der Waals surface area (Å²) in [6.45, 7) is 1.79. The first-order valence-electron chi connectivity index (χ1n) is 11.3. The monoisotopic (exact) mass is 524 g/mol. The number of para-hydroxylation sites is 2. The van der Waals surface area contributed by atoms with Gasteiger partial charge in [0.25, 0.3) is 0 Å². The van der Waals surface area contributed by atoms with E-state index in [2.05, 4.69) is 63.1 Å². The van der Waals surface area contributed by atoms with Crippen LogP contribution in [0.2, 0.25) is 0 Å². The maximum atomic E-state index is 10.6. The van der Waals surface area contributed by atoms with Gasteiger partial charge in [0.05, 0.1) is 15.9 Å². The van der Waals surface area contributed by atoms with Crippen LogP contribution < -0.4 is 5.32 Å². The molecular formula is C27H23F3N4O2S. The molecule has 0 aliphatic heterocycles. The average Bonchev–Trinajstić information content (AvgIpc) is 3.55. The number of pyridine rings is 1. The smallest absolute Gasteiger partial charge is 0.475 e. The topological polar surface area (TPSA) is 90.9 Å². The lowest BCUT2D eigenvalue weighted by Crippen LogP contribution is -2.21. The Hall–Kier alpha value is -4.02. The van der Waals surface area contributed by atoms with Gasteiger partial charge in [-0.05, 0) is 70.9 Å². The predicted octanol–water partition coefficient (Wildman–Crippen LogP) is 6.32. The highest BCUT2D eigenvalue weighted by molar-refractivity contribution is 7.13. The van der Waals surface area contributed by atoms with Gasteiger partial charge in [-0.25, -0.2) is 9.78 Å². The molecule has 3 heterocycles. The third-order valence-electron chi connectivity index (χ3n) is 5.37. The molecule has 2 aromatic carbocycles. The van der Waals surface area contributed by atoms with Crippen LogP contribution in [0.1, 0.15) is 11.1 Å². The van der Waals surface area contributed by atoms with Crippen LogP contribution in [0.4, 0.5) is 13.2 Å². The first-order chi connectivity index (χ1) is 17.8. The number of imidazole rings is 1. The number of aromatic nitrogens is 3. The van der Waals surface area contributed by atoms with Crippen LogP contribution in [0.3, 0.4) is 0 Å². The molecule has 190 valence electrons. The highest BCUT2D eigenvalue weighted by atomic mass is 32.1. The molecule has 0 saturated heterocycles. The number of H-pyrrole nitrogens is 1. The Morgan fingerprint density at radius 2 is 1.78 bits per heavy atom. The van der Waals surface area contributed by atoms with Crippen molar-refractivity contribution in [2.24, 2.45) is 0 Å². The second-order valence-electron chi connectivity index (χ2n) is 8.09. The van der Waals surface area contributed by atoms with E-state index in [0.717, 1.165) is 41.2 Å². The van der Waals surface area contributed by atoms with Gasteiger partial charge in [-0.2, -0.15) is 13.2 Å². The van der Waals surface area contributed by atoms with Crippen LogP contribution in [0, 0.1) is 0 Å². The normalized spacial score (nSPS) is 11.2. The lowest BCUT2D eigenvalue weighted by molar-refractivity contribution is -0.192. The summed E-state index contributed by atoms with van der Waals surface area (Å²) >= 11 is 1.72. The molecule has 5 rings (SSSR count). The number of thiophene rings is 1. The number of nitrogens with one attached hydrogen (secondary N) is 2. The van der Waals surface area contributed by atoms with Crippen molar-refractivity contribution >= 4 is 28.3 Å². The predicted molar refractivity (Wildman–Crippen MR) is 138 cm³/mol. The van der Waals surface area contributed by atoms with Gasteiger partial charge >= 0.3 is 12.1 Å². The van der Waals surface area contributed by atoms with E-state index >= 15 is 0 Å². The number of rotatable bonds is 7. The first-order valence-corrected chi connectivity index (χ1v) is 12.2. The van der Waals surface area contributed by atoms with E-state index in [9.17, 15) is 13.2 Å². The number of benzene rings is 2. The summed E-state index contributed by atoms with van der Waals surface area (Å²) < 4.78 is 31.7. The van der Waals surface area contributed by atoms with Gasteiger partial charge < -0.3 is 15.4 Å². The van der Waals surface area contributed by atoms with Crippen molar-refractivity contribution < 1.29 is 23.1 Å². The van der Waals surface area contributed by atoms with Crippen LogP contribution in [-0.4, -0.2) is 38.7 Å². The van der Waals surface area contributed by atoms with Crippen molar-refractivity contribution in [3.63, 3.8) is 0 Å². The van der Waals surface area contributed by atoms with Crippen LogP contribution in [-0.2, 0) is 17.8 Å². The number of hydrogen-bond donors (Lipinski definition) is 3. The lowest BCUT2D eigenvalue weighted by atomic mass is 10.1. The van der Waals surface area contributed by atoms with Crippen molar-refractivity contribution in [3.8, 4) is 21.8 Å². The van der Waals surface area contributed by atoms with Crippen LogP contribution in [0.15, 0.2) is 84.5 Å². The van der Waals surface area contributed by atoms with E-state index in [0.29, 0.717) is 0 Å². The molecule has 6 nitrogen and oxygen atoms in total. The Kier molecular flexibility index (Phi) is 8.32. The summed E-state index contributed by atoms with van der Waals surface area (Å²) in [4.78, 5) is 22.4. The fourth-order valence-corrected chi connectivity index (χ4v) is 4.41. The molecule has 0 fully saturated rings. The van der Waals surface area contributed by atoms with Gasteiger partial charge in [0.1, 0.15) is 5.82 Å². The highest BCUT2D eigenvalue weighted by Crippen LogP contribution is 2.32. The van der Waals surface area contributed by atoms with Gasteiger partial charge in [0.15, 0.2) is 0 Å². The standard InChI is InChI=1S/C25H22N4S.C2HF3O2/c1-2-9-23-22(8-1)28-25(29-23)24-14-21(17-30-24)20-7-3-5-19(13-20)16-27-12-10-18-6-4-11-26-15-18;3-2(4,5)1(6)7/h1-9,11,13-15,17,27H,10,12,16H2,(H,28,29);(H,6,7). The van der Waals surface area contributed by atoms with Crippen molar-refractivity contribution in [2.45, 2.75) is 19.1 Å². The summed E-state index contributed by atoms with van der Waals surface area (Å²) in [6, 6.07) is 23.2. The molecule has 0 atom stereocenters. The Balaban J connectivity index is 0.000000405. The Bertz CT molecular complexity index is 1430. The van der Waals surface area contributed by atoms with Gasteiger partial charge in [-0.1, -0.05) is 36.4 Å². The summed E-state index contributed by atoms with van der Waals surface area (Å²) in [7, 11) is 0. The van der Waals surface area contributed by atoms with E-state index in [-0.39, 0.29) is 0 Å². The van der Waals surface area contributed by atoms with Crippen LogP contribution in [0.25, 0.3) is 32.9 Å². The van der Waals surface area contributed by atoms with Crippen LogP contribution >= 0.6 is 11.3 Å². The number of alkyl halides is 3. The maximum Gasteiger partial charge on any atom is 0.490 e. The zero-order chi connectivity index (χ0) is 26.3. The summed E-state index contributed by atoms with van der Waals surface area (Å²) in [5, 5.41) is 12.9. The maximum absolute atomic E-state index is 10.6. The minimum absolute atomic E-state index is 0.856. The fraction of sp³-hybridized carbons (Fsp3) is 0.148. The molecule has 0 radical (unpaired) electrons. The molecule has 0 aliphatic rings. The number of carbonyl (C=O) groups is 1. The SMILES string of the molecule is O=C(O)C(F)(F)F.c1cncc(CCNCc2cccc(-c3csc(-c4nc5ccccc5[nH]4)c3)c2)c1. The molecule has 0 amide bonds. The Morgan fingerprint density at radius 3 is 2.51 bits per heavy atom. The lowest BCUT2D eigenvalue weighted by Gasteiger charge is -2.07. The zero-order valence-corrected chi connectivity index (χ0v) is 20.3. The van der Waals surface area contributed by atoms with Crippen LogP contribution in [0.5, 0.6) is 0 Å². The fourth-order valence-electron chi connectivity index (χ4n) is 3.55. The number of carboxylic acid groups (broad SMARTS) is 1. The molecule has 0 unspecified atom stereocenters. The third kappa shape index (κ3) is 7.25.